The van der Waals surface area contributed by atoms with E-state index >= 15 is 0 Å². The Morgan fingerprint density at radius 3 is 2.82 bits per heavy atom. The number of aryl methyl sites for hydroxylation is 1. The summed E-state index contributed by atoms with van der Waals surface area (Å²) in [6, 6.07) is 3.56. The number of hydrogen-bond donors (Lipinski definition) is 2. The van der Waals surface area contributed by atoms with Gasteiger partial charge in [-0.25, -0.2) is 0 Å². The molecule has 1 atom stereocenters. The van der Waals surface area contributed by atoms with Crippen LogP contribution in [0, 0.1) is 18.3 Å². The maximum Gasteiger partial charge on any atom is 0.271 e. The number of hydrogen-bond acceptors (Lipinski definition) is 4. The Balaban J connectivity index is 3.09. The molecule has 0 amide bonds. The van der Waals surface area contributed by atoms with E-state index in [2.05, 4.69) is 5.32 Å². The van der Waals surface area contributed by atoms with Gasteiger partial charge in [0.15, 0.2) is 5.88 Å². The van der Waals surface area contributed by atoms with Gasteiger partial charge in [-0.2, -0.15) is 5.26 Å². The van der Waals surface area contributed by atoms with E-state index in [0.717, 1.165) is 0 Å². The number of nitrogens with one attached hydrogen (secondary N) is 1. The Labute approximate surface area is 100 Å². The number of aromatic nitrogens is 1. The van der Waals surface area contributed by atoms with Gasteiger partial charge in [0.05, 0.1) is 0 Å². The third kappa shape index (κ3) is 2.86. The Bertz CT molecular complexity index is 500. The molecule has 0 aromatic carbocycles. The molecular formula is C12H17N3O2. The molecule has 1 unspecified atom stereocenters. The molecule has 0 spiro atoms. The Hall–Kier alpha value is -1.80. The van der Waals surface area contributed by atoms with Gasteiger partial charge in [0.2, 0.25) is 0 Å². The van der Waals surface area contributed by atoms with Gasteiger partial charge in [-0.3, -0.25) is 9.36 Å². The molecule has 0 bridgehead atoms. The minimum absolute atomic E-state index is 0.0881. The maximum atomic E-state index is 11.9. The smallest absolute Gasteiger partial charge is 0.271 e. The molecule has 1 aromatic rings. The van der Waals surface area contributed by atoms with E-state index in [0.29, 0.717) is 18.5 Å². The van der Waals surface area contributed by atoms with Crippen molar-refractivity contribution >= 4 is 0 Å². The van der Waals surface area contributed by atoms with Gasteiger partial charge in [-0.15, -0.1) is 0 Å². The van der Waals surface area contributed by atoms with Crippen molar-refractivity contribution in [3.8, 4) is 11.9 Å². The third-order valence-electron chi connectivity index (χ3n) is 2.87. The van der Waals surface area contributed by atoms with Crippen molar-refractivity contribution in [1.82, 2.24) is 9.88 Å². The van der Waals surface area contributed by atoms with Gasteiger partial charge in [-0.1, -0.05) is 0 Å². The molecule has 0 saturated carbocycles. The van der Waals surface area contributed by atoms with Crippen molar-refractivity contribution in [1.29, 1.82) is 5.26 Å². The molecule has 1 rings (SSSR count). The molecule has 17 heavy (non-hydrogen) atoms. The SMILES string of the molecule is CNC(C)CCn1c(O)cc(C)c(C#N)c1=O. The zero-order valence-corrected chi connectivity index (χ0v) is 10.3. The van der Waals surface area contributed by atoms with E-state index in [-0.39, 0.29) is 17.5 Å². The molecule has 0 aliphatic rings. The third-order valence-corrected chi connectivity index (χ3v) is 2.87. The van der Waals surface area contributed by atoms with Crippen LogP contribution in [-0.2, 0) is 6.54 Å². The van der Waals surface area contributed by atoms with Crippen LogP contribution >= 0.6 is 0 Å². The standard InChI is InChI=1S/C12H17N3O2/c1-8-6-11(16)15(5-4-9(2)14-3)12(17)10(8)7-13/h6,9,14,16H,4-5H2,1-3H3. The summed E-state index contributed by atoms with van der Waals surface area (Å²) in [6.07, 6.45) is 0.706. The van der Waals surface area contributed by atoms with Crippen LogP contribution in [-0.4, -0.2) is 22.8 Å². The van der Waals surface area contributed by atoms with Crippen molar-refractivity contribution in [3.05, 3.63) is 27.5 Å². The average Bonchev–Trinajstić information content (AvgIpc) is 2.28. The normalized spacial score (nSPS) is 12.1. The highest BCUT2D eigenvalue weighted by molar-refractivity contribution is 5.37. The van der Waals surface area contributed by atoms with Crippen LogP contribution in [0.1, 0.15) is 24.5 Å². The maximum absolute atomic E-state index is 11.9. The Kier molecular flexibility index (Phi) is 4.30. The quantitative estimate of drug-likeness (QED) is 0.806. The fourth-order valence-electron chi connectivity index (χ4n) is 1.57. The number of aromatic hydroxyl groups is 1. The van der Waals surface area contributed by atoms with Crippen LogP contribution in [0.3, 0.4) is 0 Å². The van der Waals surface area contributed by atoms with Crippen molar-refractivity contribution in [2.45, 2.75) is 32.9 Å². The summed E-state index contributed by atoms with van der Waals surface area (Å²) in [5.41, 5.74) is 0.182. The van der Waals surface area contributed by atoms with Crippen molar-refractivity contribution in [3.63, 3.8) is 0 Å². The molecule has 1 aromatic heterocycles. The number of rotatable bonds is 4. The van der Waals surface area contributed by atoms with Gasteiger partial charge in [0.1, 0.15) is 11.6 Å². The summed E-state index contributed by atoms with van der Waals surface area (Å²) in [5.74, 6) is -0.0881. The fourth-order valence-corrected chi connectivity index (χ4v) is 1.57. The molecule has 2 N–H and O–H groups in total. The van der Waals surface area contributed by atoms with Crippen LogP contribution in [0.5, 0.6) is 5.88 Å². The first-order chi connectivity index (χ1) is 8.01. The zero-order chi connectivity index (χ0) is 13.0. The first-order valence-corrected chi connectivity index (χ1v) is 5.52. The molecule has 1 heterocycles. The topological polar surface area (TPSA) is 78.0 Å². The summed E-state index contributed by atoms with van der Waals surface area (Å²) >= 11 is 0. The second kappa shape index (κ2) is 5.51. The summed E-state index contributed by atoms with van der Waals surface area (Å²) < 4.78 is 1.24. The highest BCUT2D eigenvalue weighted by atomic mass is 16.3. The van der Waals surface area contributed by atoms with Crippen LogP contribution in [0.4, 0.5) is 0 Å². The lowest BCUT2D eigenvalue weighted by atomic mass is 10.1. The second-order valence-electron chi connectivity index (χ2n) is 4.11. The predicted octanol–water partition coefficient (Wildman–Crippen LogP) is 0.732. The number of nitrogens with zero attached hydrogens (tertiary/aromatic N) is 2. The molecule has 0 aliphatic heterocycles. The lowest BCUT2D eigenvalue weighted by Crippen LogP contribution is -2.28. The van der Waals surface area contributed by atoms with E-state index in [1.54, 1.807) is 6.92 Å². The monoisotopic (exact) mass is 235 g/mol. The van der Waals surface area contributed by atoms with Gasteiger partial charge in [0, 0.05) is 18.7 Å². The van der Waals surface area contributed by atoms with E-state index in [1.165, 1.54) is 10.6 Å². The van der Waals surface area contributed by atoms with Crippen LogP contribution in [0.15, 0.2) is 10.9 Å². The van der Waals surface area contributed by atoms with Gasteiger partial charge >= 0.3 is 0 Å². The van der Waals surface area contributed by atoms with Crippen LogP contribution in [0.25, 0.3) is 0 Å². The number of nitriles is 1. The van der Waals surface area contributed by atoms with Gasteiger partial charge in [0.25, 0.3) is 5.56 Å². The van der Waals surface area contributed by atoms with Gasteiger partial charge in [-0.05, 0) is 32.9 Å². The van der Waals surface area contributed by atoms with Crippen molar-refractivity contribution in [2.75, 3.05) is 7.05 Å². The first-order valence-electron chi connectivity index (χ1n) is 5.52. The molecule has 0 fully saturated rings. The summed E-state index contributed by atoms with van der Waals surface area (Å²) in [7, 11) is 1.84. The van der Waals surface area contributed by atoms with Crippen LogP contribution < -0.4 is 10.9 Å². The minimum atomic E-state index is -0.423. The Morgan fingerprint density at radius 2 is 2.29 bits per heavy atom. The van der Waals surface area contributed by atoms with E-state index in [4.69, 9.17) is 5.26 Å². The molecule has 0 radical (unpaired) electrons. The van der Waals surface area contributed by atoms with Gasteiger partial charge < -0.3 is 10.4 Å². The van der Waals surface area contributed by atoms with Crippen molar-refractivity contribution in [2.24, 2.45) is 0 Å². The van der Waals surface area contributed by atoms with Crippen molar-refractivity contribution < 1.29 is 5.11 Å². The van der Waals surface area contributed by atoms with E-state index < -0.39 is 5.56 Å². The molecule has 92 valence electrons. The minimum Gasteiger partial charge on any atom is -0.494 e. The highest BCUT2D eigenvalue weighted by Crippen LogP contribution is 2.12. The fraction of sp³-hybridized carbons (Fsp3) is 0.500. The summed E-state index contributed by atoms with van der Waals surface area (Å²) in [5, 5.41) is 21.6. The zero-order valence-electron chi connectivity index (χ0n) is 10.3. The molecule has 0 aliphatic carbocycles. The average molecular weight is 235 g/mol. The summed E-state index contributed by atoms with van der Waals surface area (Å²) in [4.78, 5) is 11.9. The largest absolute Gasteiger partial charge is 0.494 e. The van der Waals surface area contributed by atoms with E-state index in [9.17, 15) is 9.90 Å². The molecule has 5 heteroatoms. The highest BCUT2D eigenvalue weighted by Gasteiger charge is 2.12. The Morgan fingerprint density at radius 1 is 1.65 bits per heavy atom. The molecule has 0 saturated heterocycles. The predicted molar refractivity (Wildman–Crippen MR) is 65.0 cm³/mol. The number of pyridine rings is 1. The van der Waals surface area contributed by atoms with Crippen LogP contribution in [0.2, 0.25) is 0 Å². The second-order valence-corrected chi connectivity index (χ2v) is 4.11. The molecule has 5 nitrogen and oxygen atoms in total. The summed E-state index contributed by atoms with van der Waals surface area (Å²) in [6.45, 7) is 4.02. The lowest BCUT2D eigenvalue weighted by Gasteiger charge is -2.13. The first kappa shape index (κ1) is 13.3. The molecular weight excluding hydrogens is 218 g/mol. The lowest BCUT2D eigenvalue weighted by molar-refractivity contribution is 0.390. The van der Waals surface area contributed by atoms with E-state index in [1.807, 2.05) is 20.0 Å².